The maximum absolute atomic E-state index is 10.8. The Balaban J connectivity index is 1.72. The summed E-state index contributed by atoms with van der Waals surface area (Å²) in [5.74, 6) is -0.169. The quantitative estimate of drug-likeness (QED) is 0.821. The Bertz CT molecular complexity index is 279. The molecule has 4 unspecified atom stereocenters. The van der Waals surface area contributed by atoms with Crippen molar-refractivity contribution in [3.05, 3.63) is 0 Å². The zero-order valence-corrected chi connectivity index (χ0v) is 11.1. The van der Waals surface area contributed by atoms with Crippen molar-refractivity contribution in [3.8, 4) is 0 Å². The lowest BCUT2D eigenvalue weighted by Gasteiger charge is -2.31. The third-order valence-electron chi connectivity index (χ3n) is 4.24. The van der Waals surface area contributed by atoms with Gasteiger partial charge in [0.05, 0.1) is 18.8 Å². The van der Waals surface area contributed by atoms with Crippen LogP contribution >= 0.6 is 0 Å². The lowest BCUT2D eigenvalue weighted by atomic mass is 9.85. The number of hydrogen-bond donors (Lipinski definition) is 1. The minimum absolute atomic E-state index is 0.0227. The minimum Gasteiger partial charge on any atom is -0.479 e. The van der Waals surface area contributed by atoms with Crippen LogP contribution in [0.4, 0.5) is 0 Å². The minimum atomic E-state index is -0.846. The number of carboxylic acid groups (broad SMARTS) is 1. The molecule has 104 valence electrons. The van der Waals surface area contributed by atoms with Gasteiger partial charge in [-0.3, -0.25) is 0 Å². The molecular weight excluding hydrogens is 232 g/mol. The maximum Gasteiger partial charge on any atom is 0.332 e. The third-order valence-corrected chi connectivity index (χ3v) is 4.24. The van der Waals surface area contributed by atoms with Crippen LogP contribution in [-0.4, -0.2) is 36.0 Å². The summed E-state index contributed by atoms with van der Waals surface area (Å²) in [5.41, 5.74) is 0. The topological polar surface area (TPSA) is 55.8 Å². The fourth-order valence-electron chi connectivity index (χ4n) is 3.10. The molecular formula is C14H24O4. The Kier molecular flexibility index (Phi) is 5.01. The highest BCUT2D eigenvalue weighted by molar-refractivity contribution is 5.72. The molecule has 0 radical (unpaired) electrons. The molecule has 1 aliphatic carbocycles. The molecule has 0 aromatic carbocycles. The van der Waals surface area contributed by atoms with Crippen molar-refractivity contribution in [2.75, 3.05) is 6.61 Å². The molecule has 4 heteroatoms. The Morgan fingerprint density at radius 3 is 2.72 bits per heavy atom. The van der Waals surface area contributed by atoms with E-state index < -0.39 is 12.1 Å². The van der Waals surface area contributed by atoms with E-state index in [2.05, 4.69) is 6.92 Å². The predicted octanol–water partition coefficient (Wildman–Crippen LogP) is 2.60. The highest BCUT2D eigenvalue weighted by Gasteiger charge is 2.32. The Hall–Kier alpha value is -0.610. The molecule has 2 rings (SSSR count). The molecule has 1 saturated heterocycles. The van der Waals surface area contributed by atoms with E-state index in [1.54, 1.807) is 0 Å². The van der Waals surface area contributed by atoms with E-state index in [-0.39, 0.29) is 6.10 Å². The van der Waals surface area contributed by atoms with E-state index in [0.717, 1.165) is 12.8 Å². The van der Waals surface area contributed by atoms with Gasteiger partial charge < -0.3 is 14.6 Å². The van der Waals surface area contributed by atoms with Gasteiger partial charge in [0.2, 0.25) is 0 Å². The number of aliphatic carboxylic acids is 1. The number of ether oxygens (including phenoxy) is 2. The molecule has 0 amide bonds. The van der Waals surface area contributed by atoms with Crippen LogP contribution in [0.25, 0.3) is 0 Å². The third kappa shape index (κ3) is 3.45. The number of carbonyl (C=O) groups is 1. The fraction of sp³-hybridized carbons (Fsp3) is 0.929. The summed E-state index contributed by atoms with van der Waals surface area (Å²) >= 11 is 0. The van der Waals surface area contributed by atoms with Gasteiger partial charge in [-0.2, -0.15) is 0 Å². The zero-order valence-electron chi connectivity index (χ0n) is 11.1. The second kappa shape index (κ2) is 6.53. The van der Waals surface area contributed by atoms with Crippen LogP contribution in [0, 0.1) is 5.92 Å². The van der Waals surface area contributed by atoms with Gasteiger partial charge in [-0.05, 0) is 31.6 Å². The first-order valence-corrected chi connectivity index (χ1v) is 7.20. The van der Waals surface area contributed by atoms with Gasteiger partial charge in [-0.1, -0.05) is 26.2 Å². The largest absolute Gasteiger partial charge is 0.479 e. The van der Waals surface area contributed by atoms with Gasteiger partial charge >= 0.3 is 5.97 Å². The molecule has 0 aromatic heterocycles. The van der Waals surface area contributed by atoms with E-state index in [9.17, 15) is 4.79 Å². The molecule has 0 aromatic rings. The van der Waals surface area contributed by atoms with Crippen molar-refractivity contribution >= 4 is 5.97 Å². The van der Waals surface area contributed by atoms with Crippen molar-refractivity contribution in [2.24, 2.45) is 5.92 Å². The standard InChI is InChI=1S/C14H24O4/c1-2-10-5-3-4-6-12(10)17-9-11-7-8-13(18-11)14(15)16/h10-13H,2-9H2,1H3,(H,15,16). The Morgan fingerprint density at radius 2 is 2.06 bits per heavy atom. The van der Waals surface area contributed by atoms with E-state index >= 15 is 0 Å². The smallest absolute Gasteiger partial charge is 0.332 e. The molecule has 2 aliphatic rings. The molecule has 4 nitrogen and oxygen atoms in total. The van der Waals surface area contributed by atoms with Crippen LogP contribution in [0.3, 0.4) is 0 Å². The predicted molar refractivity (Wildman–Crippen MR) is 67.5 cm³/mol. The van der Waals surface area contributed by atoms with E-state index in [1.807, 2.05) is 0 Å². The summed E-state index contributed by atoms with van der Waals surface area (Å²) in [6, 6.07) is 0. The molecule has 18 heavy (non-hydrogen) atoms. The lowest BCUT2D eigenvalue weighted by molar-refractivity contribution is -0.151. The number of hydrogen-bond acceptors (Lipinski definition) is 3. The fourth-order valence-corrected chi connectivity index (χ4v) is 3.10. The Labute approximate surface area is 109 Å². The van der Waals surface area contributed by atoms with Crippen molar-refractivity contribution in [1.82, 2.24) is 0 Å². The van der Waals surface area contributed by atoms with Gasteiger partial charge in [0, 0.05) is 0 Å². The zero-order chi connectivity index (χ0) is 13.0. The number of carboxylic acids is 1. The second-order valence-corrected chi connectivity index (χ2v) is 5.49. The van der Waals surface area contributed by atoms with Crippen LogP contribution in [0.5, 0.6) is 0 Å². The first-order chi connectivity index (χ1) is 8.70. The Morgan fingerprint density at radius 1 is 1.28 bits per heavy atom. The van der Waals surface area contributed by atoms with Gasteiger partial charge in [-0.25, -0.2) is 4.79 Å². The second-order valence-electron chi connectivity index (χ2n) is 5.49. The molecule has 0 spiro atoms. The highest BCUT2D eigenvalue weighted by atomic mass is 16.6. The summed E-state index contributed by atoms with van der Waals surface area (Å²) in [7, 11) is 0. The lowest BCUT2D eigenvalue weighted by Crippen LogP contribution is -2.31. The SMILES string of the molecule is CCC1CCCCC1OCC1CCC(C(=O)O)O1. The van der Waals surface area contributed by atoms with Crippen molar-refractivity contribution in [2.45, 2.75) is 70.2 Å². The van der Waals surface area contributed by atoms with Crippen molar-refractivity contribution < 1.29 is 19.4 Å². The molecule has 1 N–H and O–H groups in total. The van der Waals surface area contributed by atoms with Crippen LogP contribution in [-0.2, 0) is 14.3 Å². The molecule has 4 atom stereocenters. The van der Waals surface area contributed by atoms with Crippen molar-refractivity contribution in [3.63, 3.8) is 0 Å². The molecule has 1 saturated carbocycles. The maximum atomic E-state index is 10.8. The average Bonchev–Trinajstić information content (AvgIpc) is 2.85. The average molecular weight is 256 g/mol. The number of rotatable bonds is 5. The summed E-state index contributed by atoms with van der Waals surface area (Å²) in [6.07, 6.45) is 7.30. The van der Waals surface area contributed by atoms with E-state index in [1.165, 1.54) is 25.7 Å². The molecule has 1 heterocycles. The highest BCUT2D eigenvalue weighted by Crippen LogP contribution is 2.30. The van der Waals surface area contributed by atoms with Gasteiger partial charge in [0.15, 0.2) is 6.10 Å². The van der Waals surface area contributed by atoms with Gasteiger partial charge in [0.1, 0.15) is 0 Å². The first-order valence-electron chi connectivity index (χ1n) is 7.20. The van der Waals surface area contributed by atoms with Crippen LogP contribution < -0.4 is 0 Å². The molecule has 1 aliphatic heterocycles. The molecule has 0 bridgehead atoms. The summed E-state index contributed by atoms with van der Waals surface area (Å²) in [6.45, 7) is 2.78. The van der Waals surface area contributed by atoms with Crippen LogP contribution in [0.15, 0.2) is 0 Å². The van der Waals surface area contributed by atoms with E-state index in [0.29, 0.717) is 25.0 Å². The molecule has 2 fully saturated rings. The van der Waals surface area contributed by atoms with E-state index in [4.69, 9.17) is 14.6 Å². The first kappa shape index (κ1) is 13.8. The van der Waals surface area contributed by atoms with Crippen LogP contribution in [0.1, 0.15) is 51.9 Å². The summed E-state index contributed by atoms with van der Waals surface area (Å²) in [4.78, 5) is 10.8. The van der Waals surface area contributed by atoms with Gasteiger partial charge in [-0.15, -0.1) is 0 Å². The summed E-state index contributed by atoms with van der Waals surface area (Å²) < 4.78 is 11.4. The van der Waals surface area contributed by atoms with Crippen LogP contribution in [0.2, 0.25) is 0 Å². The summed E-state index contributed by atoms with van der Waals surface area (Å²) in [5, 5.41) is 8.86. The van der Waals surface area contributed by atoms with Crippen molar-refractivity contribution in [1.29, 1.82) is 0 Å². The van der Waals surface area contributed by atoms with Gasteiger partial charge in [0.25, 0.3) is 0 Å². The monoisotopic (exact) mass is 256 g/mol. The normalized spacial score (nSPS) is 36.7.